The number of esters is 1. The van der Waals surface area contributed by atoms with Gasteiger partial charge in [-0.15, -0.1) is 0 Å². The minimum Gasteiger partial charge on any atom is -0.463 e. The van der Waals surface area contributed by atoms with Crippen LogP contribution in [0, 0.1) is 0 Å². The second-order valence-corrected chi connectivity index (χ2v) is 4.70. The first kappa shape index (κ1) is 13.1. The van der Waals surface area contributed by atoms with Gasteiger partial charge in [0, 0.05) is 19.0 Å². The maximum absolute atomic E-state index is 11.7. The highest BCUT2D eigenvalue weighted by Crippen LogP contribution is 2.31. The molecule has 0 unspecified atom stereocenters. The molecule has 0 saturated carbocycles. The number of nitrogens with zero attached hydrogens (tertiary/aromatic N) is 1. The van der Waals surface area contributed by atoms with Crippen LogP contribution in [0.1, 0.15) is 32.6 Å². The van der Waals surface area contributed by atoms with Crippen LogP contribution in [0.25, 0.3) is 0 Å². The Hall–Kier alpha value is -1.36. The Morgan fingerprint density at radius 2 is 2.33 bits per heavy atom. The Morgan fingerprint density at radius 1 is 1.56 bits per heavy atom. The molecule has 18 heavy (non-hydrogen) atoms. The molecule has 100 valence electrons. The van der Waals surface area contributed by atoms with Crippen molar-refractivity contribution in [3.05, 3.63) is 11.6 Å². The summed E-state index contributed by atoms with van der Waals surface area (Å²) in [6.45, 7) is 2.72. The number of aliphatic hydroxyl groups is 1. The van der Waals surface area contributed by atoms with Crippen LogP contribution in [0.3, 0.4) is 0 Å². The van der Waals surface area contributed by atoms with E-state index in [-0.39, 0.29) is 11.9 Å². The zero-order chi connectivity index (χ0) is 13.1. The first-order valence-electron chi connectivity index (χ1n) is 6.49. The quantitative estimate of drug-likeness (QED) is 0.579. The third-order valence-electron chi connectivity index (χ3n) is 3.55. The summed E-state index contributed by atoms with van der Waals surface area (Å²) in [7, 11) is 0. The molecule has 5 nitrogen and oxygen atoms in total. The molecule has 0 spiro atoms. The van der Waals surface area contributed by atoms with E-state index in [1.54, 1.807) is 11.8 Å². The summed E-state index contributed by atoms with van der Waals surface area (Å²) in [6, 6.07) is -0.126. The minimum absolute atomic E-state index is 0.115. The van der Waals surface area contributed by atoms with Gasteiger partial charge in [0.1, 0.15) is 0 Å². The maximum Gasteiger partial charge on any atom is 0.330 e. The van der Waals surface area contributed by atoms with Crippen LogP contribution >= 0.6 is 0 Å². The number of fused-ring (bicyclic) bond motifs is 1. The van der Waals surface area contributed by atoms with E-state index in [0.717, 1.165) is 6.42 Å². The third kappa shape index (κ3) is 2.56. The van der Waals surface area contributed by atoms with E-state index in [1.807, 2.05) is 0 Å². The normalized spacial score (nSPS) is 30.2. The van der Waals surface area contributed by atoms with Crippen molar-refractivity contribution in [2.75, 3.05) is 13.2 Å². The van der Waals surface area contributed by atoms with Crippen LogP contribution in [0.4, 0.5) is 0 Å². The SMILES string of the molecule is CCOC(=O)/C=C1\[C@@H](O)CCCN2C(=O)CC[C@@H]12. The van der Waals surface area contributed by atoms with Crippen molar-refractivity contribution in [3.8, 4) is 0 Å². The molecule has 2 saturated heterocycles. The van der Waals surface area contributed by atoms with Gasteiger partial charge in [0.2, 0.25) is 5.91 Å². The highest BCUT2D eigenvalue weighted by molar-refractivity contribution is 5.84. The number of hydrogen-bond acceptors (Lipinski definition) is 4. The zero-order valence-corrected chi connectivity index (χ0v) is 10.6. The molecule has 0 bridgehead atoms. The third-order valence-corrected chi connectivity index (χ3v) is 3.55. The molecule has 0 radical (unpaired) electrons. The van der Waals surface area contributed by atoms with Gasteiger partial charge in [-0.2, -0.15) is 0 Å². The van der Waals surface area contributed by atoms with E-state index in [9.17, 15) is 14.7 Å². The van der Waals surface area contributed by atoms with Gasteiger partial charge >= 0.3 is 5.97 Å². The molecule has 2 fully saturated rings. The lowest BCUT2D eigenvalue weighted by atomic mass is 9.97. The molecule has 2 aliphatic heterocycles. The van der Waals surface area contributed by atoms with Crippen molar-refractivity contribution >= 4 is 11.9 Å². The molecule has 2 aliphatic rings. The topological polar surface area (TPSA) is 66.8 Å². The summed E-state index contributed by atoms with van der Waals surface area (Å²) in [4.78, 5) is 25.0. The van der Waals surface area contributed by atoms with Gasteiger partial charge in [0.25, 0.3) is 0 Å². The average molecular weight is 253 g/mol. The van der Waals surface area contributed by atoms with Crippen LogP contribution in [0.5, 0.6) is 0 Å². The second-order valence-electron chi connectivity index (χ2n) is 4.70. The van der Waals surface area contributed by atoms with Gasteiger partial charge < -0.3 is 14.7 Å². The molecule has 0 aromatic heterocycles. The Bertz CT molecular complexity index is 377. The van der Waals surface area contributed by atoms with Crippen molar-refractivity contribution in [3.63, 3.8) is 0 Å². The van der Waals surface area contributed by atoms with E-state index in [0.29, 0.717) is 38.0 Å². The fourth-order valence-electron chi connectivity index (χ4n) is 2.72. The van der Waals surface area contributed by atoms with Gasteiger partial charge in [0.15, 0.2) is 0 Å². The number of ether oxygens (including phenoxy) is 1. The molecule has 0 aromatic carbocycles. The fraction of sp³-hybridized carbons (Fsp3) is 0.692. The standard InChI is InChI=1S/C13H19NO4/c1-2-18-13(17)8-9-10-5-6-12(16)14(10)7-3-4-11(9)15/h8,10-11,15H,2-7H2,1H3/b9-8-/t10-,11-/m0/s1. The lowest BCUT2D eigenvalue weighted by molar-refractivity contribution is -0.137. The molecule has 1 amide bonds. The fourth-order valence-corrected chi connectivity index (χ4v) is 2.72. The summed E-state index contributed by atoms with van der Waals surface area (Å²) >= 11 is 0. The number of carbonyl (C=O) groups excluding carboxylic acids is 2. The Kier molecular flexibility index (Phi) is 4.01. The molecule has 0 aromatic rings. The van der Waals surface area contributed by atoms with E-state index in [4.69, 9.17) is 4.74 Å². The first-order chi connectivity index (χ1) is 8.63. The molecule has 2 heterocycles. The van der Waals surface area contributed by atoms with Crippen molar-refractivity contribution in [1.29, 1.82) is 0 Å². The summed E-state index contributed by atoms with van der Waals surface area (Å²) in [6.07, 6.45) is 3.26. The minimum atomic E-state index is -0.643. The van der Waals surface area contributed by atoms with E-state index < -0.39 is 12.1 Å². The van der Waals surface area contributed by atoms with Crippen LogP contribution in [0.2, 0.25) is 0 Å². The maximum atomic E-state index is 11.7. The highest BCUT2D eigenvalue weighted by Gasteiger charge is 2.37. The lowest BCUT2D eigenvalue weighted by Crippen LogP contribution is -2.35. The van der Waals surface area contributed by atoms with Gasteiger partial charge in [-0.05, 0) is 31.8 Å². The predicted molar refractivity (Wildman–Crippen MR) is 64.7 cm³/mol. The summed E-state index contributed by atoms with van der Waals surface area (Å²) < 4.78 is 4.88. The number of rotatable bonds is 2. The number of carbonyl (C=O) groups is 2. The van der Waals surface area contributed by atoms with Crippen molar-refractivity contribution in [1.82, 2.24) is 4.90 Å². The van der Waals surface area contributed by atoms with Crippen molar-refractivity contribution in [2.45, 2.75) is 44.8 Å². The lowest BCUT2D eigenvalue weighted by Gasteiger charge is -2.25. The average Bonchev–Trinajstić information content (AvgIpc) is 2.60. The smallest absolute Gasteiger partial charge is 0.330 e. The Balaban J connectivity index is 2.23. The summed E-state index contributed by atoms with van der Waals surface area (Å²) in [5.74, 6) is -0.323. The molecular formula is C13H19NO4. The van der Waals surface area contributed by atoms with Gasteiger partial charge in [-0.1, -0.05) is 0 Å². The molecule has 2 atom stereocenters. The molecule has 1 N–H and O–H groups in total. The van der Waals surface area contributed by atoms with E-state index in [2.05, 4.69) is 0 Å². The molecule has 2 rings (SSSR count). The molecule has 5 heteroatoms. The first-order valence-corrected chi connectivity index (χ1v) is 6.49. The van der Waals surface area contributed by atoms with E-state index >= 15 is 0 Å². The second kappa shape index (κ2) is 5.52. The van der Waals surface area contributed by atoms with Gasteiger partial charge in [-0.25, -0.2) is 4.79 Å². The van der Waals surface area contributed by atoms with Crippen LogP contribution < -0.4 is 0 Å². The summed E-state index contributed by atoms with van der Waals surface area (Å²) in [5, 5.41) is 10.1. The predicted octanol–water partition coefficient (Wildman–Crippen LogP) is 0.622. The molecular weight excluding hydrogens is 234 g/mol. The Morgan fingerprint density at radius 3 is 3.06 bits per heavy atom. The monoisotopic (exact) mass is 253 g/mol. The van der Waals surface area contributed by atoms with Crippen molar-refractivity contribution < 1.29 is 19.4 Å². The van der Waals surface area contributed by atoms with Gasteiger partial charge in [-0.3, -0.25) is 4.79 Å². The highest BCUT2D eigenvalue weighted by atomic mass is 16.5. The van der Waals surface area contributed by atoms with E-state index in [1.165, 1.54) is 6.08 Å². The van der Waals surface area contributed by atoms with Crippen LogP contribution in [-0.4, -0.2) is 47.2 Å². The van der Waals surface area contributed by atoms with Crippen LogP contribution in [-0.2, 0) is 14.3 Å². The molecule has 0 aliphatic carbocycles. The summed E-state index contributed by atoms with van der Waals surface area (Å²) in [5.41, 5.74) is 0.636. The largest absolute Gasteiger partial charge is 0.463 e. The van der Waals surface area contributed by atoms with Crippen LogP contribution in [0.15, 0.2) is 11.6 Å². The number of hydrogen-bond donors (Lipinski definition) is 1. The number of aliphatic hydroxyl groups excluding tert-OH is 1. The zero-order valence-electron chi connectivity index (χ0n) is 10.6. The Labute approximate surface area is 106 Å². The van der Waals surface area contributed by atoms with Crippen molar-refractivity contribution in [2.24, 2.45) is 0 Å². The van der Waals surface area contributed by atoms with Gasteiger partial charge in [0.05, 0.1) is 18.8 Å². The number of amides is 1.